The largest absolute Gasteiger partial charge is 0.394 e. The number of nitrogens with one attached hydrogen (secondary N) is 1. The monoisotopic (exact) mass is 505 g/mol. The van der Waals surface area contributed by atoms with Gasteiger partial charge in [0.05, 0.1) is 12.6 Å². The number of carbonyl (C=O) groups is 2. The summed E-state index contributed by atoms with van der Waals surface area (Å²) in [5.74, 6) is -0.809. The van der Waals surface area contributed by atoms with Crippen LogP contribution in [-0.4, -0.2) is 46.1 Å². The van der Waals surface area contributed by atoms with Crippen LogP contribution >= 0.6 is 11.6 Å². The average Bonchev–Trinajstić information content (AvgIpc) is 3.49. The summed E-state index contributed by atoms with van der Waals surface area (Å²) in [5, 5.41) is 24.8. The molecule has 2 aliphatic rings. The van der Waals surface area contributed by atoms with Crippen LogP contribution in [0, 0.1) is 0 Å². The van der Waals surface area contributed by atoms with Crippen molar-refractivity contribution < 1.29 is 19.8 Å². The number of aliphatic hydroxyl groups is 2. The second kappa shape index (κ2) is 9.67. The lowest BCUT2D eigenvalue weighted by molar-refractivity contribution is -0.151. The highest BCUT2D eigenvalue weighted by Crippen LogP contribution is 2.48. The number of amides is 2. The smallest absolute Gasteiger partial charge is 0.264 e. The number of fused-ring (bicyclic) bond motifs is 3. The molecule has 7 nitrogen and oxygen atoms in total. The summed E-state index contributed by atoms with van der Waals surface area (Å²) in [6.07, 6.45) is 1.15. The molecule has 0 bridgehead atoms. The molecule has 2 atom stereocenters. The molecule has 0 aromatic heterocycles. The molecule has 0 saturated carbocycles. The summed E-state index contributed by atoms with van der Waals surface area (Å²) in [7, 11) is 0. The van der Waals surface area contributed by atoms with E-state index in [1.807, 2.05) is 24.3 Å². The van der Waals surface area contributed by atoms with E-state index in [4.69, 9.17) is 17.3 Å². The van der Waals surface area contributed by atoms with Crippen LogP contribution in [0.2, 0.25) is 5.02 Å². The van der Waals surface area contributed by atoms with Crippen molar-refractivity contribution in [3.63, 3.8) is 0 Å². The van der Waals surface area contributed by atoms with E-state index in [1.165, 1.54) is 4.90 Å². The fourth-order valence-electron chi connectivity index (χ4n) is 5.42. The number of carbonyl (C=O) groups excluding carboxylic acids is 2. The highest BCUT2D eigenvalue weighted by Gasteiger charge is 2.52. The first-order valence-electron chi connectivity index (χ1n) is 12.0. The Balaban J connectivity index is 1.39. The van der Waals surface area contributed by atoms with Crippen molar-refractivity contribution in [1.29, 1.82) is 0 Å². The molecule has 2 amide bonds. The third-order valence-electron chi connectivity index (χ3n) is 7.20. The molecule has 1 heterocycles. The van der Waals surface area contributed by atoms with Crippen molar-refractivity contribution in [1.82, 2.24) is 10.2 Å². The number of rotatable bonds is 6. The van der Waals surface area contributed by atoms with E-state index >= 15 is 0 Å². The van der Waals surface area contributed by atoms with Gasteiger partial charge in [0.2, 0.25) is 5.91 Å². The van der Waals surface area contributed by atoms with Gasteiger partial charge in [-0.3, -0.25) is 9.59 Å². The topological polar surface area (TPSA) is 116 Å². The normalized spacial score (nSPS) is 18.4. The first-order chi connectivity index (χ1) is 17.4. The van der Waals surface area contributed by atoms with Crippen LogP contribution in [0.15, 0.2) is 66.7 Å². The SMILES string of the molecule is NC(CO)c1ccc(Cl)cc1CNC(=O)C1CCCN1C(=O)C1(O)c2ccccc2-c2ccccc21. The number of likely N-dealkylation sites (tertiary alicyclic amines) is 1. The Kier molecular flexibility index (Phi) is 6.57. The number of hydrogen-bond donors (Lipinski definition) is 4. The Labute approximate surface area is 214 Å². The predicted octanol–water partition coefficient (Wildman–Crippen LogP) is 2.86. The minimum Gasteiger partial charge on any atom is -0.394 e. The van der Waals surface area contributed by atoms with Gasteiger partial charge in [0.1, 0.15) is 6.04 Å². The molecular formula is C28H28ClN3O4. The highest BCUT2D eigenvalue weighted by molar-refractivity contribution is 6.30. The van der Waals surface area contributed by atoms with Crippen LogP contribution in [0.5, 0.6) is 0 Å². The van der Waals surface area contributed by atoms with Gasteiger partial charge in [-0.25, -0.2) is 0 Å². The molecule has 186 valence electrons. The van der Waals surface area contributed by atoms with Crippen LogP contribution in [0.1, 0.15) is 41.1 Å². The van der Waals surface area contributed by atoms with Crippen molar-refractivity contribution in [2.75, 3.05) is 13.2 Å². The standard InChI is InChI=1S/C28H28ClN3O4/c29-18-11-12-19(24(30)16-33)17(14-18)15-31-26(34)25-10-5-13-32(25)27(35)28(36)22-8-3-1-6-20(22)21-7-2-4-9-23(21)28/h1-4,6-9,11-12,14,24-25,33,36H,5,10,13,15-16,30H2,(H,31,34). The van der Waals surface area contributed by atoms with Gasteiger partial charge in [-0.05, 0) is 47.2 Å². The molecule has 3 aromatic rings. The number of benzene rings is 3. The molecule has 1 aliphatic heterocycles. The number of aliphatic hydroxyl groups excluding tert-OH is 1. The van der Waals surface area contributed by atoms with E-state index in [1.54, 1.807) is 42.5 Å². The minimum atomic E-state index is -1.86. The number of hydrogen-bond acceptors (Lipinski definition) is 5. The van der Waals surface area contributed by atoms with E-state index in [0.29, 0.717) is 46.7 Å². The van der Waals surface area contributed by atoms with Crippen LogP contribution in [0.4, 0.5) is 0 Å². The molecule has 5 N–H and O–H groups in total. The highest BCUT2D eigenvalue weighted by atomic mass is 35.5. The van der Waals surface area contributed by atoms with Gasteiger partial charge in [-0.1, -0.05) is 66.2 Å². The first-order valence-corrected chi connectivity index (χ1v) is 12.4. The second-order valence-corrected chi connectivity index (χ2v) is 9.74. The Bertz CT molecular complexity index is 1280. The molecule has 8 heteroatoms. The summed E-state index contributed by atoms with van der Waals surface area (Å²) < 4.78 is 0. The zero-order chi connectivity index (χ0) is 25.4. The quantitative estimate of drug-likeness (QED) is 0.411. The lowest BCUT2D eigenvalue weighted by Gasteiger charge is -2.33. The summed E-state index contributed by atoms with van der Waals surface area (Å²) in [6.45, 7) is 0.285. The lowest BCUT2D eigenvalue weighted by atomic mass is 9.89. The number of halogens is 1. The molecule has 0 radical (unpaired) electrons. The van der Waals surface area contributed by atoms with Crippen molar-refractivity contribution in [3.05, 3.63) is 94.0 Å². The van der Waals surface area contributed by atoms with Crippen molar-refractivity contribution >= 4 is 23.4 Å². The zero-order valence-electron chi connectivity index (χ0n) is 19.7. The molecule has 2 unspecified atom stereocenters. The Morgan fingerprint density at radius 1 is 1.08 bits per heavy atom. The number of nitrogens with two attached hydrogens (primary N) is 1. The third kappa shape index (κ3) is 3.98. The molecule has 5 rings (SSSR count). The Hall–Kier alpha value is -3.23. The van der Waals surface area contributed by atoms with Gasteiger partial charge in [0.25, 0.3) is 5.91 Å². The minimum absolute atomic E-state index is 0.150. The number of nitrogens with zero attached hydrogens (tertiary/aromatic N) is 1. The third-order valence-corrected chi connectivity index (χ3v) is 7.44. The first kappa shape index (κ1) is 24.5. The second-order valence-electron chi connectivity index (χ2n) is 9.31. The van der Waals surface area contributed by atoms with Crippen molar-refractivity contribution in [2.45, 2.75) is 37.1 Å². The van der Waals surface area contributed by atoms with Gasteiger partial charge in [-0.15, -0.1) is 0 Å². The molecule has 36 heavy (non-hydrogen) atoms. The predicted molar refractivity (Wildman–Crippen MR) is 137 cm³/mol. The molecular weight excluding hydrogens is 478 g/mol. The van der Waals surface area contributed by atoms with Crippen molar-refractivity contribution in [2.24, 2.45) is 5.73 Å². The van der Waals surface area contributed by atoms with Crippen LogP contribution in [0.3, 0.4) is 0 Å². The van der Waals surface area contributed by atoms with Gasteiger partial charge in [0, 0.05) is 29.2 Å². The molecule has 0 spiro atoms. The van der Waals surface area contributed by atoms with Gasteiger partial charge >= 0.3 is 0 Å². The average molecular weight is 506 g/mol. The zero-order valence-corrected chi connectivity index (χ0v) is 20.4. The Morgan fingerprint density at radius 2 is 1.72 bits per heavy atom. The van der Waals surface area contributed by atoms with E-state index in [-0.39, 0.29) is 19.1 Å². The fourth-order valence-corrected chi connectivity index (χ4v) is 5.61. The lowest BCUT2D eigenvalue weighted by Crippen LogP contribution is -2.52. The van der Waals surface area contributed by atoms with Gasteiger partial charge in [-0.2, -0.15) is 0 Å². The van der Waals surface area contributed by atoms with E-state index in [2.05, 4.69) is 5.32 Å². The van der Waals surface area contributed by atoms with Gasteiger partial charge in [0.15, 0.2) is 5.60 Å². The molecule has 3 aromatic carbocycles. The maximum Gasteiger partial charge on any atom is 0.264 e. The molecule has 1 aliphatic carbocycles. The van der Waals surface area contributed by atoms with Crippen LogP contribution in [0.25, 0.3) is 11.1 Å². The van der Waals surface area contributed by atoms with E-state index < -0.39 is 23.6 Å². The van der Waals surface area contributed by atoms with Gasteiger partial charge < -0.3 is 26.2 Å². The molecule has 1 saturated heterocycles. The Morgan fingerprint density at radius 3 is 2.36 bits per heavy atom. The maximum atomic E-state index is 13.9. The summed E-state index contributed by atoms with van der Waals surface area (Å²) in [4.78, 5) is 28.7. The maximum absolute atomic E-state index is 13.9. The van der Waals surface area contributed by atoms with Crippen LogP contribution < -0.4 is 11.1 Å². The van der Waals surface area contributed by atoms with E-state index in [9.17, 15) is 19.8 Å². The van der Waals surface area contributed by atoms with Crippen molar-refractivity contribution in [3.8, 4) is 11.1 Å². The summed E-state index contributed by atoms with van der Waals surface area (Å²) >= 11 is 6.15. The summed E-state index contributed by atoms with van der Waals surface area (Å²) in [6, 6.07) is 18.5. The van der Waals surface area contributed by atoms with Crippen LogP contribution in [-0.2, 0) is 21.7 Å². The fraction of sp³-hybridized carbons (Fsp3) is 0.286. The molecule has 1 fully saturated rings. The van der Waals surface area contributed by atoms with E-state index in [0.717, 1.165) is 11.1 Å². The summed E-state index contributed by atoms with van der Waals surface area (Å²) in [5.41, 5.74) is 8.24.